The summed E-state index contributed by atoms with van der Waals surface area (Å²) in [7, 11) is 0. The van der Waals surface area contributed by atoms with Crippen LogP contribution >= 0.6 is 0 Å². The third-order valence-electron chi connectivity index (χ3n) is 4.40. The number of aliphatic hydroxyl groups is 2. The van der Waals surface area contributed by atoms with E-state index in [1.165, 1.54) is 33.0 Å². The van der Waals surface area contributed by atoms with Crippen LogP contribution in [-0.2, 0) is 0 Å². The van der Waals surface area contributed by atoms with E-state index in [0.717, 1.165) is 0 Å². The molecule has 0 fully saturated rings. The molecule has 2 N–H and O–H groups in total. The van der Waals surface area contributed by atoms with E-state index in [4.69, 9.17) is 4.74 Å². The number of rotatable bonds is 5. The molecule has 0 saturated heterocycles. The van der Waals surface area contributed by atoms with Crippen LogP contribution in [0.5, 0.6) is 11.5 Å². The Kier molecular flexibility index (Phi) is 4.24. The Morgan fingerprint density at radius 3 is 1.96 bits per heavy atom. The molecule has 2 aromatic carbocycles. The molecule has 0 saturated carbocycles. The molecule has 6 nitrogen and oxygen atoms in total. The Morgan fingerprint density at radius 2 is 1.58 bits per heavy atom. The summed E-state index contributed by atoms with van der Waals surface area (Å²) in [5.74, 6) is 0.672. The highest BCUT2D eigenvalue weighted by atomic mass is 16.6. The van der Waals surface area contributed by atoms with Crippen molar-refractivity contribution in [2.45, 2.75) is 32.1 Å². The van der Waals surface area contributed by atoms with Crippen LogP contribution in [0, 0.1) is 5.21 Å². The molecule has 1 heterocycles. The van der Waals surface area contributed by atoms with Gasteiger partial charge < -0.3 is 20.2 Å². The van der Waals surface area contributed by atoms with Gasteiger partial charge in [0.2, 0.25) is 5.72 Å². The monoisotopic (exact) mass is 355 g/mol. The number of hydrogen-bond donors (Lipinski definition) is 2. The second-order valence-corrected chi connectivity index (χ2v) is 7.08. The zero-order chi connectivity index (χ0) is 19.2. The minimum atomic E-state index is -1.47. The molecular weight excluding hydrogens is 334 g/mol. The highest BCUT2D eigenvalue weighted by Crippen LogP contribution is 2.40. The fourth-order valence-electron chi connectivity index (χ4n) is 2.67. The smallest absolute Gasteiger partial charge is 0.231 e. The minimum absolute atomic E-state index is 0.368. The lowest BCUT2D eigenvalue weighted by atomic mass is 9.97. The van der Waals surface area contributed by atoms with Gasteiger partial charge in [-0.25, -0.2) is 0 Å². The minimum Gasteiger partial charge on any atom is -0.620 e. The summed E-state index contributed by atoms with van der Waals surface area (Å²) in [6.45, 7) is 4.34. The van der Waals surface area contributed by atoms with E-state index >= 15 is 0 Å². The van der Waals surface area contributed by atoms with Gasteiger partial charge in [-0.15, -0.1) is 0 Å². The van der Waals surface area contributed by atoms with Crippen molar-refractivity contribution >= 4 is 11.5 Å². The van der Waals surface area contributed by atoms with E-state index in [1.54, 1.807) is 48.5 Å². The second kappa shape index (κ2) is 6.03. The number of nitrogens with zero attached hydrogens (tertiary/aromatic N) is 1. The lowest BCUT2D eigenvalue weighted by Gasteiger charge is -2.52. The number of ether oxygens (including phenoxy) is 1. The van der Waals surface area contributed by atoms with Gasteiger partial charge in [0.15, 0.2) is 5.78 Å². The van der Waals surface area contributed by atoms with Crippen LogP contribution in [0.3, 0.4) is 0 Å². The SMILES string of the molecule is CC(C)(O)C(=O)c1ccc(Oc2ccc([N+]3([O-])C=CC3(C)O)cc2)cc1. The van der Waals surface area contributed by atoms with Gasteiger partial charge in [0.25, 0.3) is 0 Å². The van der Waals surface area contributed by atoms with Crippen LogP contribution in [0.15, 0.2) is 60.8 Å². The van der Waals surface area contributed by atoms with Crippen LogP contribution in [0.2, 0.25) is 0 Å². The first-order valence-corrected chi connectivity index (χ1v) is 8.21. The van der Waals surface area contributed by atoms with Crippen molar-refractivity contribution in [3.63, 3.8) is 0 Å². The number of ketones is 1. The van der Waals surface area contributed by atoms with Gasteiger partial charge in [0.1, 0.15) is 29.0 Å². The molecule has 0 bridgehead atoms. The molecule has 3 rings (SSSR count). The van der Waals surface area contributed by atoms with Gasteiger partial charge in [-0.2, -0.15) is 0 Å². The number of Topliss-reactive ketones (excluding diaryl/α,β-unsaturated/α-hetero) is 1. The van der Waals surface area contributed by atoms with Gasteiger partial charge in [-0.3, -0.25) is 9.44 Å². The zero-order valence-electron chi connectivity index (χ0n) is 14.8. The predicted molar refractivity (Wildman–Crippen MR) is 98.5 cm³/mol. The largest absolute Gasteiger partial charge is 0.620 e. The van der Waals surface area contributed by atoms with Crippen LogP contribution in [0.1, 0.15) is 31.1 Å². The van der Waals surface area contributed by atoms with Crippen LogP contribution in [-0.4, -0.2) is 27.3 Å². The van der Waals surface area contributed by atoms with Crippen molar-refractivity contribution in [1.82, 2.24) is 4.65 Å². The lowest BCUT2D eigenvalue weighted by Crippen LogP contribution is -2.61. The van der Waals surface area contributed by atoms with E-state index in [2.05, 4.69) is 0 Å². The van der Waals surface area contributed by atoms with Gasteiger partial charge in [0.05, 0.1) is 6.08 Å². The third-order valence-corrected chi connectivity index (χ3v) is 4.40. The van der Waals surface area contributed by atoms with Crippen molar-refractivity contribution < 1.29 is 19.7 Å². The molecule has 0 aliphatic carbocycles. The van der Waals surface area contributed by atoms with Gasteiger partial charge in [-0.1, -0.05) is 0 Å². The molecule has 0 aromatic heterocycles. The molecule has 2 unspecified atom stereocenters. The first kappa shape index (κ1) is 18.3. The standard InChI is InChI=1S/C20H21NO5/c1-19(2,23)18(22)14-4-8-16(9-5-14)26-17-10-6-15(7-11-17)21(25)13-12-20(21,3)24/h4-13,23-24H,1-3H3. The molecule has 26 heavy (non-hydrogen) atoms. The van der Waals surface area contributed by atoms with Gasteiger partial charge in [-0.05, 0) is 50.2 Å². The van der Waals surface area contributed by atoms with Crippen molar-refractivity contribution in [1.29, 1.82) is 0 Å². The third kappa shape index (κ3) is 3.15. The average Bonchev–Trinajstić information content (AvgIpc) is 2.60. The maximum Gasteiger partial charge on any atom is 0.231 e. The summed E-state index contributed by atoms with van der Waals surface area (Å²) >= 11 is 0. The zero-order valence-corrected chi connectivity index (χ0v) is 14.8. The van der Waals surface area contributed by atoms with Crippen molar-refractivity contribution in [2.24, 2.45) is 0 Å². The molecule has 1 aliphatic rings. The molecule has 1 aliphatic heterocycles. The molecule has 2 aromatic rings. The van der Waals surface area contributed by atoms with Crippen LogP contribution in [0.4, 0.5) is 5.69 Å². The van der Waals surface area contributed by atoms with Crippen molar-refractivity contribution in [3.8, 4) is 11.5 Å². The topological polar surface area (TPSA) is 89.8 Å². The number of hydroxylamine groups is 2. The number of quaternary nitrogens is 1. The highest BCUT2D eigenvalue weighted by molar-refractivity contribution is 6.01. The molecule has 2 atom stereocenters. The Hall–Kier alpha value is -2.51. The summed E-state index contributed by atoms with van der Waals surface area (Å²) in [4.78, 5) is 12.0. The van der Waals surface area contributed by atoms with E-state index in [9.17, 15) is 20.2 Å². The second-order valence-electron chi connectivity index (χ2n) is 7.08. The molecule has 0 radical (unpaired) electrons. The lowest BCUT2D eigenvalue weighted by molar-refractivity contribution is -0.0171. The highest BCUT2D eigenvalue weighted by Gasteiger charge is 2.45. The Bertz CT molecular complexity index is 847. The summed E-state index contributed by atoms with van der Waals surface area (Å²) in [6.07, 6.45) is 2.84. The summed E-state index contributed by atoms with van der Waals surface area (Å²) in [5, 5.41) is 32.4. The molecule has 136 valence electrons. The maximum absolute atomic E-state index is 12.6. The number of benzene rings is 2. The predicted octanol–water partition coefficient (Wildman–Crippen LogP) is 3.47. The fraction of sp³-hybridized carbons (Fsp3) is 0.250. The van der Waals surface area contributed by atoms with Gasteiger partial charge >= 0.3 is 0 Å². The first-order valence-electron chi connectivity index (χ1n) is 8.21. The summed E-state index contributed by atoms with van der Waals surface area (Å²) < 4.78 is 4.78. The van der Waals surface area contributed by atoms with E-state index in [1.807, 2.05) is 0 Å². The van der Waals surface area contributed by atoms with Crippen LogP contribution < -0.4 is 9.38 Å². The summed E-state index contributed by atoms with van der Waals surface area (Å²) in [6, 6.07) is 12.9. The maximum atomic E-state index is 12.6. The van der Waals surface area contributed by atoms with Crippen LogP contribution in [0.25, 0.3) is 0 Å². The van der Waals surface area contributed by atoms with E-state index < -0.39 is 16.0 Å². The first-order chi connectivity index (χ1) is 12.0. The Labute approximate surface area is 151 Å². The normalized spacial score (nSPS) is 24.8. The molecule has 0 amide bonds. The Balaban J connectivity index is 1.72. The average molecular weight is 355 g/mol. The van der Waals surface area contributed by atoms with Gasteiger partial charge in [0, 0.05) is 24.6 Å². The van der Waals surface area contributed by atoms with Crippen molar-refractivity contribution in [2.75, 3.05) is 0 Å². The van der Waals surface area contributed by atoms with Crippen molar-refractivity contribution in [3.05, 3.63) is 71.6 Å². The molecule has 0 spiro atoms. The number of carbonyl (C=O) groups is 1. The summed E-state index contributed by atoms with van der Waals surface area (Å²) in [5.41, 5.74) is -2.10. The quantitative estimate of drug-likeness (QED) is 0.487. The number of hydrogen-bond acceptors (Lipinski definition) is 5. The molecule has 6 heteroatoms. The van der Waals surface area contributed by atoms with E-state index in [-0.39, 0.29) is 5.78 Å². The number of carbonyl (C=O) groups excluding carboxylic acids is 1. The van der Waals surface area contributed by atoms with E-state index in [0.29, 0.717) is 22.7 Å². The molecular formula is C20H21NO5. The fourth-order valence-corrected chi connectivity index (χ4v) is 2.67. The Morgan fingerprint density at radius 1 is 1.08 bits per heavy atom.